The Morgan fingerprint density at radius 2 is 2.10 bits per heavy atom. The summed E-state index contributed by atoms with van der Waals surface area (Å²) in [4.78, 5) is 14.4. The standard InChI is InChI=1S/C17H18N2O/c18-9-8-13-4-3-5-14(10-13)16-11-19(12-17(16)20)15-6-1-2-7-15/h3-5,10-11,15H,1-2,6-8,12H2. The molecule has 0 radical (unpaired) electrons. The van der Waals surface area contributed by atoms with Crippen LogP contribution in [0.3, 0.4) is 0 Å². The van der Waals surface area contributed by atoms with Gasteiger partial charge < -0.3 is 4.90 Å². The minimum atomic E-state index is 0.200. The molecule has 1 heterocycles. The normalized spacial score (nSPS) is 19.2. The fourth-order valence-electron chi connectivity index (χ4n) is 3.18. The first kappa shape index (κ1) is 12.9. The fourth-order valence-corrected chi connectivity index (χ4v) is 3.18. The average Bonchev–Trinajstić information content (AvgIpc) is 3.08. The smallest absolute Gasteiger partial charge is 0.184 e. The maximum atomic E-state index is 12.2. The van der Waals surface area contributed by atoms with Gasteiger partial charge in [0.1, 0.15) is 0 Å². The van der Waals surface area contributed by atoms with E-state index in [1.807, 2.05) is 30.5 Å². The van der Waals surface area contributed by atoms with Crippen LogP contribution in [0.25, 0.3) is 5.57 Å². The largest absolute Gasteiger partial charge is 0.366 e. The Kier molecular flexibility index (Phi) is 3.56. The summed E-state index contributed by atoms with van der Waals surface area (Å²) in [5.74, 6) is 0.200. The first-order valence-corrected chi connectivity index (χ1v) is 7.25. The van der Waals surface area contributed by atoms with E-state index in [9.17, 15) is 4.79 Å². The van der Waals surface area contributed by atoms with Crippen molar-refractivity contribution in [2.45, 2.75) is 38.1 Å². The van der Waals surface area contributed by atoms with Gasteiger partial charge in [0, 0.05) is 17.8 Å². The lowest BCUT2D eigenvalue weighted by atomic mass is 10.0. The molecule has 2 aliphatic rings. The van der Waals surface area contributed by atoms with Crippen molar-refractivity contribution in [1.29, 1.82) is 5.26 Å². The van der Waals surface area contributed by atoms with Gasteiger partial charge in [0.15, 0.2) is 5.78 Å². The van der Waals surface area contributed by atoms with Crippen LogP contribution < -0.4 is 0 Å². The third kappa shape index (κ3) is 2.46. The minimum absolute atomic E-state index is 0.200. The Labute approximate surface area is 119 Å². The van der Waals surface area contributed by atoms with E-state index in [0.717, 1.165) is 16.7 Å². The van der Waals surface area contributed by atoms with Gasteiger partial charge in [-0.05, 0) is 30.0 Å². The molecule has 1 fully saturated rings. The summed E-state index contributed by atoms with van der Waals surface area (Å²) in [5.41, 5.74) is 2.72. The molecule has 0 aromatic heterocycles. The summed E-state index contributed by atoms with van der Waals surface area (Å²) >= 11 is 0. The van der Waals surface area contributed by atoms with Crippen LogP contribution in [-0.4, -0.2) is 23.3 Å². The molecular weight excluding hydrogens is 248 g/mol. The summed E-state index contributed by atoms with van der Waals surface area (Å²) in [5, 5.41) is 8.77. The fraction of sp³-hybridized carbons (Fsp3) is 0.412. The Morgan fingerprint density at radius 1 is 1.30 bits per heavy atom. The highest BCUT2D eigenvalue weighted by molar-refractivity contribution is 6.23. The number of hydrogen-bond acceptors (Lipinski definition) is 3. The number of ketones is 1. The zero-order chi connectivity index (χ0) is 13.9. The van der Waals surface area contributed by atoms with Gasteiger partial charge in [-0.2, -0.15) is 5.26 Å². The van der Waals surface area contributed by atoms with Crippen LogP contribution in [0.15, 0.2) is 30.5 Å². The van der Waals surface area contributed by atoms with Gasteiger partial charge in [-0.15, -0.1) is 0 Å². The Hall–Kier alpha value is -2.08. The van der Waals surface area contributed by atoms with Crippen LogP contribution in [0.2, 0.25) is 0 Å². The Morgan fingerprint density at radius 3 is 2.85 bits per heavy atom. The second kappa shape index (κ2) is 5.50. The third-order valence-corrected chi connectivity index (χ3v) is 4.24. The van der Waals surface area contributed by atoms with E-state index in [1.165, 1.54) is 25.7 Å². The monoisotopic (exact) mass is 266 g/mol. The second-order valence-corrected chi connectivity index (χ2v) is 5.61. The molecule has 0 amide bonds. The summed E-state index contributed by atoms with van der Waals surface area (Å²) in [6, 6.07) is 10.5. The second-order valence-electron chi connectivity index (χ2n) is 5.61. The molecule has 1 saturated carbocycles. The van der Waals surface area contributed by atoms with Gasteiger partial charge in [0.2, 0.25) is 0 Å². The van der Waals surface area contributed by atoms with Crippen LogP contribution in [0.4, 0.5) is 0 Å². The first-order chi connectivity index (χ1) is 9.78. The van der Waals surface area contributed by atoms with E-state index in [2.05, 4.69) is 11.0 Å². The van der Waals surface area contributed by atoms with E-state index >= 15 is 0 Å². The molecular formula is C17H18N2O. The maximum absolute atomic E-state index is 12.2. The molecule has 3 heteroatoms. The third-order valence-electron chi connectivity index (χ3n) is 4.24. The lowest BCUT2D eigenvalue weighted by Crippen LogP contribution is -2.28. The number of carbonyl (C=O) groups is 1. The maximum Gasteiger partial charge on any atom is 0.184 e. The molecule has 1 aliphatic heterocycles. The lowest BCUT2D eigenvalue weighted by molar-refractivity contribution is -0.113. The van der Waals surface area contributed by atoms with E-state index in [4.69, 9.17) is 5.26 Å². The molecule has 1 aromatic rings. The van der Waals surface area contributed by atoms with Gasteiger partial charge in [0.25, 0.3) is 0 Å². The Balaban J connectivity index is 1.85. The zero-order valence-electron chi connectivity index (χ0n) is 11.5. The van der Waals surface area contributed by atoms with Gasteiger partial charge in [-0.1, -0.05) is 31.0 Å². The molecule has 0 bridgehead atoms. The number of hydrogen-bond donors (Lipinski definition) is 0. The van der Waals surface area contributed by atoms with Crippen molar-refractivity contribution in [3.8, 4) is 6.07 Å². The summed E-state index contributed by atoms with van der Waals surface area (Å²) in [6.07, 6.45) is 7.37. The van der Waals surface area contributed by atoms with Crippen molar-refractivity contribution in [3.05, 3.63) is 41.6 Å². The molecule has 1 aromatic carbocycles. The van der Waals surface area contributed by atoms with Crippen LogP contribution in [0.5, 0.6) is 0 Å². The minimum Gasteiger partial charge on any atom is -0.366 e. The SMILES string of the molecule is N#CCc1cccc(C2=CN(C3CCCC3)CC2=O)c1. The molecule has 0 atom stereocenters. The number of carbonyl (C=O) groups excluding carboxylic acids is 1. The van der Waals surface area contributed by atoms with E-state index in [1.54, 1.807) is 0 Å². The van der Waals surface area contributed by atoms with Gasteiger partial charge in [0.05, 0.1) is 19.0 Å². The van der Waals surface area contributed by atoms with Gasteiger partial charge >= 0.3 is 0 Å². The topological polar surface area (TPSA) is 44.1 Å². The van der Waals surface area contributed by atoms with Gasteiger partial charge in [-0.3, -0.25) is 4.79 Å². The number of benzene rings is 1. The number of Topliss-reactive ketones (excluding diaryl/α,β-unsaturated/α-hetero) is 1. The van der Waals surface area contributed by atoms with Crippen LogP contribution in [0, 0.1) is 11.3 Å². The van der Waals surface area contributed by atoms with Gasteiger partial charge in [-0.25, -0.2) is 0 Å². The highest BCUT2D eigenvalue weighted by Gasteiger charge is 2.29. The lowest BCUT2D eigenvalue weighted by Gasteiger charge is -2.22. The van der Waals surface area contributed by atoms with Crippen molar-refractivity contribution >= 4 is 11.4 Å². The van der Waals surface area contributed by atoms with Crippen molar-refractivity contribution in [3.63, 3.8) is 0 Å². The van der Waals surface area contributed by atoms with Crippen molar-refractivity contribution < 1.29 is 4.79 Å². The van der Waals surface area contributed by atoms with E-state index < -0.39 is 0 Å². The van der Waals surface area contributed by atoms with Crippen molar-refractivity contribution in [1.82, 2.24) is 4.90 Å². The molecule has 102 valence electrons. The highest BCUT2D eigenvalue weighted by Crippen LogP contribution is 2.30. The number of nitrogens with zero attached hydrogens (tertiary/aromatic N) is 2. The summed E-state index contributed by atoms with van der Waals surface area (Å²) < 4.78 is 0. The molecule has 0 saturated heterocycles. The van der Waals surface area contributed by atoms with Crippen LogP contribution in [0.1, 0.15) is 36.8 Å². The number of rotatable bonds is 3. The predicted molar refractivity (Wildman–Crippen MR) is 77.7 cm³/mol. The first-order valence-electron chi connectivity index (χ1n) is 7.25. The van der Waals surface area contributed by atoms with E-state index in [-0.39, 0.29) is 5.78 Å². The van der Waals surface area contributed by atoms with E-state index in [0.29, 0.717) is 19.0 Å². The molecule has 1 aliphatic carbocycles. The molecule has 0 N–H and O–H groups in total. The number of nitriles is 1. The summed E-state index contributed by atoms with van der Waals surface area (Å²) in [7, 11) is 0. The Bertz CT molecular complexity index is 591. The molecule has 3 nitrogen and oxygen atoms in total. The predicted octanol–water partition coefficient (Wildman–Crippen LogP) is 2.92. The summed E-state index contributed by atoms with van der Waals surface area (Å²) in [6.45, 7) is 0.516. The van der Waals surface area contributed by atoms with Crippen molar-refractivity contribution in [2.24, 2.45) is 0 Å². The molecule has 0 unspecified atom stereocenters. The quantitative estimate of drug-likeness (QED) is 0.845. The molecule has 20 heavy (non-hydrogen) atoms. The van der Waals surface area contributed by atoms with Crippen molar-refractivity contribution in [2.75, 3.05) is 6.54 Å². The zero-order valence-corrected chi connectivity index (χ0v) is 11.5. The average molecular weight is 266 g/mol. The molecule has 3 rings (SSSR count). The molecule has 0 spiro atoms. The van der Waals surface area contributed by atoms with Crippen LogP contribution in [-0.2, 0) is 11.2 Å². The van der Waals surface area contributed by atoms with Crippen LogP contribution >= 0.6 is 0 Å². The highest BCUT2D eigenvalue weighted by atomic mass is 16.1.